The fourth-order valence-electron chi connectivity index (χ4n) is 1.33. The van der Waals surface area contributed by atoms with Crippen LogP contribution >= 0.6 is 0 Å². The van der Waals surface area contributed by atoms with Gasteiger partial charge in [0.25, 0.3) is 0 Å². The number of hydrogen-bond donors (Lipinski definition) is 0. The van der Waals surface area contributed by atoms with Crippen molar-refractivity contribution in [2.24, 2.45) is 0 Å². The van der Waals surface area contributed by atoms with Crippen molar-refractivity contribution in [3.63, 3.8) is 0 Å². The van der Waals surface area contributed by atoms with Crippen molar-refractivity contribution in [1.82, 2.24) is 0 Å². The Morgan fingerprint density at radius 2 is 1.10 bits per heavy atom. The molecule has 0 nitrogen and oxygen atoms in total. The number of rotatable bonds is 1. The van der Waals surface area contributed by atoms with Crippen LogP contribution in [-0.4, -0.2) is 3.21 Å². The van der Waals surface area contributed by atoms with E-state index in [0.29, 0.717) is 0 Å². The van der Waals surface area contributed by atoms with E-state index in [2.05, 4.69) is 31.2 Å². The number of halogens is 2. The zero-order chi connectivity index (χ0) is 13.8. The second-order valence-corrected chi connectivity index (χ2v) is 5.76. The summed E-state index contributed by atoms with van der Waals surface area (Å²) in [6.07, 6.45) is 0. The number of benzene rings is 1. The molecule has 0 saturated heterocycles. The Balaban J connectivity index is 0. The molecule has 0 N–H and O–H groups in total. The summed E-state index contributed by atoms with van der Waals surface area (Å²) in [6.45, 7) is 2.16. The second-order valence-electron chi connectivity index (χ2n) is 3.92. The van der Waals surface area contributed by atoms with Crippen LogP contribution in [0.2, 0.25) is 0 Å². The van der Waals surface area contributed by atoms with Gasteiger partial charge in [0.15, 0.2) is 0 Å². The van der Waals surface area contributed by atoms with Crippen LogP contribution in [0.1, 0.15) is 12.5 Å². The maximum atomic E-state index is 2.16. The third-order valence-corrected chi connectivity index (χ3v) is 3.03. The summed E-state index contributed by atoms with van der Waals surface area (Å²) in [5.74, 6) is 0. The van der Waals surface area contributed by atoms with Crippen LogP contribution in [0.4, 0.5) is 0 Å². The van der Waals surface area contributed by atoms with Crippen LogP contribution in [0.25, 0.3) is 0 Å². The fraction of sp³-hybridized carbons (Fsp3) is 0.0556. The first-order valence-electron chi connectivity index (χ1n) is 6.24. The Labute approximate surface area is 155 Å². The predicted molar refractivity (Wildman–Crippen MR) is 80.3 cm³/mol. The van der Waals surface area contributed by atoms with E-state index >= 15 is 0 Å². The first-order chi connectivity index (χ1) is 9.30. The molecule has 110 valence electrons. The third-order valence-electron chi connectivity index (χ3n) is 2.32. The largest absolute Gasteiger partial charge is 1.00 e. The van der Waals surface area contributed by atoms with E-state index in [1.54, 1.807) is 0 Å². The molecule has 0 fully saturated rings. The molecule has 0 aromatic heterocycles. The summed E-state index contributed by atoms with van der Waals surface area (Å²) in [5, 5.41) is 0. The molecule has 0 amide bonds. The molecule has 0 heterocycles. The van der Waals surface area contributed by atoms with Gasteiger partial charge in [0.05, 0.1) is 0 Å². The Hall–Kier alpha value is -0.747. The molecule has 3 heteroatoms. The van der Waals surface area contributed by atoms with E-state index in [1.807, 2.05) is 66.7 Å². The predicted octanol–water partition coefficient (Wildman–Crippen LogP) is -1.41. The summed E-state index contributed by atoms with van der Waals surface area (Å²) in [4.78, 5) is 0. The van der Waals surface area contributed by atoms with Crippen LogP contribution in [-0.2, 0) is 24.2 Å². The van der Waals surface area contributed by atoms with Crippen molar-refractivity contribution in [2.75, 3.05) is 0 Å². The maximum Gasteiger partial charge on any atom is -0.172 e. The van der Waals surface area contributed by atoms with Crippen LogP contribution in [0, 0.1) is 0 Å². The summed E-state index contributed by atoms with van der Waals surface area (Å²) in [6, 6.07) is 30.5. The standard InChI is InChI=1S/C8H8.2C5H5.2ClH.Zr/c1-2-8-6-4-3-5-7-8;2*1-2-4-5-3-1;;;/h3-7H,1H3;2*1-5H;2*1H;/q;2*-1;;;+2/p-2. The quantitative estimate of drug-likeness (QED) is 0.444. The normalized spacial score (nSPS) is 7.76. The van der Waals surface area contributed by atoms with Crippen molar-refractivity contribution < 1.29 is 49.0 Å². The molecule has 0 radical (unpaired) electrons. The first-order valence-corrected chi connectivity index (χ1v) is 7.47. The minimum atomic E-state index is 0. The molecule has 0 aliphatic rings. The van der Waals surface area contributed by atoms with Gasteiger partial charge in [-0.3, -0.25) is 0 Å². The van der Waals surface area contributed by atoms with Gasteiger partial charge in [0.1, 0.15) is 0 Å². The molecule has 3 rings (SSSR count). The third kappa shape index (κ3) is 12.7. The van der Waals surface area contributed by atoms with Crippen molar-refractivity contribution >= 4 is 3.21 Å². The van der Waals surface area contributed by atoms with E-state index < -0.39 is 0 Å². The minimum absolute atomic E-state index is 0. The number of hydrogen-bond acceptors (Lipinski definition) is 0. The van der Waals surface area contributed by atoms with E-state index in [-0.39, 0.29) is 24.8 Å². The topological polar surface area (TPSA) is 0 Å². The molecule has 0 bridgehead atoms. The monoisotopic (exact) mass is 394 g/mol. The molecule has 0 saturated carbocycles. The van der Waals surface area contributed by atoms with E-state index in [1.165, 1.54) is 33.0 Å². The Morgan fingerprint density at radius 3 is 1.29 bits per heavy atom. The van der Waals surface area contributed by atoms with Gasteiger partial charge in [0.2, 0.25) is 0 Å². The molecule has 0 aliphatic heterocycles. The molecular weight excluding hydrogens is 378 g/mol. The van der Waals surface area contributed by atoms with Gasteiger partial charge < -0.3 is 24.8 Å². The van der Waals surface area contributed by atoms with Gasteiger partial charge in [0, 0.05) is 0 Å². The summed E-state index contributed by atoms with van der Waals surface area (Å²) >= 11 is 1.51. The first kappa shape index (κ1) is 22.5. The fourth-order valence-corrected chi connectivity index (χ4v) is 1.74. The zero-order valence-corrected chi connectivity index (χ0v) is 15.9. The zero-order valence-electron chi connectivity index (χ0n) is 11.9. The SMILES string of the molecule is C[C](=[Zr+2])c1ccccc1.[Cl-].[Cl-].c1cc[cH-]c1.c1cc[cH-]c1. The molecule has 3 aromatic rings. The summed E-state index contributed by atoms with van der Waals surface area (Å²) in [7, 11) is 0. The van der Waals surface area contributed by atoms with E-state index in [9.17, 15) is 0 Å². The average Bonchev–Trinajstić information content (AvgIpc) is 3.18. The molecule has 21 heavy (non-hydrogen) atoms. The van der Waals surface area contributed by atoms with Crippen molar-refractivity contribution in [1.29, 1.82) is 0 Å². The van der Waals surface area contributed by atoms with Gasteiger partial charge in [-0.1, -0.05) is 0 Å². The molecule has 0 unspecified atom stereocenters. The Bertz CT molecular complexity index is 453. The van der Waals surface area contributed by atoms with Gasteiger partial charge in [-0.15, -0.1) is 0 Å². The maximum absolute atomic E-state index is 2.16. The molecule has 0 aliphatic carbocycles. The van der Waals surface area contributed by atoms with E-state index in [0.717, 1.165) is 0 Å². The van der Waals surface area contributed by atoms with E-state index in [4.69, 9.17) is 0 Å². The van der Waals surface area contributed by atoms with Crippen LogP contribution < -0.4 is 24.8 Å². The molecular formula is C18H18Cl2Zr-2. The van der Waals surface area contributed by atoms with Gasteiger partial charge in [-0.25, -0.2) is 24.3 Å². The van der Waals surface area contributed by atoms with Gasteiger partial charge in [-0.2, -0.15) is 36.4 Å². The second kappa shape index (κ2) is 15.6. The smallest absolute Gasteiger partial charge is 0.172 e. The molecule has 3 aromatic carbocycles. The van der Waals surface area contributed by atoms with Crippen molar-refractivity contribution in [3.05, 3.63) is 96.6 Å². The molecule has 0 atom stereocenters. The molecule has 0 spiro atoms. The summed E-state index contributed by atoms with van der Waals surface area (Å²) in [5.41, 5.74) is 1.37. The summed E-state index contributed by atoms with van der Waals surface area (Å²) < 4.78 is 1.46. The Morgan fingerprint density at radius 1 is 0.714 bits per heavy atom. The van der Waals surface area contributed by atoms with Crippen LogP contribution in [0.5, 0.6) is 0 Å². The van der Waals surface area contributed by atoms with Gasteiger partial charge >= 0.3 is 70.3 Å². The van der Waals surface area contributed by atoms with Crippen LogP contribution in [0.3, 0.4) is 0 Å². The Kier molecular flexibility index (Phi) is 16.8. The van der Waals surface area contributed by atoms with Crippen LogP contribution in [0.15, 0.2) is 91.0 Å². The van der Waals surface area contributed by atoms with Gasteiger partial charge in [-0.05, 0) is 0 Å². The minimum Gasteiger partial charge on any atom is -1.00 e. The van der Waals surface area contributed by atoms with Crippen molar-refractivity contribution in [2.45, 2.75) is 6.92 Å². The van der Waals surface area contributed by atoms with Crippen molar-refractivity contribution in [3.8, 4) is 0 Å². The average molecular weight is 396 g/mol.